The molecule has 3 aromatic heterocycles. The number of halogens is 1. The molecule has 0 bridgehead atoms. The molecule has 0 radical (unpaired) electrons. The Kier molecular flexibility index (Phi) is 9.13. The Morgan fingerprint density at radius 1 is 0.759 bits per heavy atom. The number of amides is 3. The van der Waals surface area contributed by atoms with Crippen molar-refractivity contribution >= 4 is 46.5 Å². The van der Waals surface area contributed by atoms with Gasteiger partial charge in [-0.1, -0.05) is 115 Å². The van der Waals surface area contributed by atoms with Crippen LogP contribution in [-0.4, -0.2) is 49.3 Å². The molecular formula is C47H41ClN8O2. The van der Waals surface area contributed by atoms with Gasteiger partial charge in [0, 0.05) is 42.5 Å². The van der Waals surface area contributed by atoms with E-state index in [9.17, 15) is 4.79 Å². The SMILES string of the molecule is O=C(Nc1cc(NCc2cn3cc(C4CC4)cc(N4CCN(C(c5ccccc5)(c5ccccc5)c5ccccc5)C4=O)c3n2)ncn1)[C@H]1C[C@@H]1c1cccc(Cl)c1. The predicted molar refractivity (Wildman–Crippen MR) is 226 cm³/mol. The second-order valence-electron chi connectivity index (χ2n) is 15.4. The lowest BCUT2D eigenvalue weighted by Crippen LogP contribution is -2.50. The highest BCUT2D eigenvalue weighted by Crippen LogP contribution is 2.49. The van der Waals surface area contributed by atoms with Gasteiger partial charge in [0.05, 0.1) is 17.9 Å². The van der Waals surface area contributed by atoms with Crippen LogP contribution >= 0.6 is 11.6 Å². The van der Waals surface area contributed by atoms with Crippen molar-refractivity contribution in [2.45, 2.75) is 43.2 Å². The minimum atomic E-state index is -0.864. The summed E-state index contributed by atoms with van der Waals surface area (Å²) < 4.78 is 2.06. The smallest absolute Gasteiger partial charge is 0.326 e. The lowest BCUT2D eigenvalue weighted by molar-refractivity contribution is -0.117. The summed E-state index contributed by atoms with van der Waals surface area (Å²) in [5, 5.41) is 7.00. The topological polar surface area (TPSA) is 108 Å². The van der Waals surface area contributed by atoms with E-state index in [0.29, 0.717) is 42.2 Å². The molecule has 3 amide bonds. The van der Waals surface area contributed by atoms with Gasteiger partial charge < -0.3 is 19.9 Å². The average molecular weight is 785 g/mol. The van der Waals surface area contributed by atoms with Crippen LogP contribution in [0.2, 0.25) is 5.02 Å². The van der Waals surface area contributed by atoms with Crippen LogP contribution in [0.3, 0.4) is 0 Å². The van der Waals surface area contributed by atoms with Gasteiger partial charge in [-0.3, -0.25) is 9.69 Å². The zero-order valence-corrected chi connectivity index (χ0v) is 32.5. The van der Waals surface area contributed by atoms with Gasteiger partial charge in [-0.2, -0.15) is 0 Å². The van der Waals surface area contributed by atoms with E-state index in [2.05, 4.69) is 73.7 Å². The fraction of sp³-hybridized carbons (Fsp3) is 0.213. The minimum absolute atomic E-state index is 0.0717. The molecule has 0 spiro atoms. The van der Waals surface area contributed by atoms with Crippen LogP contribution in [0, 0.1) is 5.92 Å². The first-order valence-electron chi connectivity index (χ1n) is 19.8. The van der Waals surface area contributed by atoms with Crippen molar-refractivity contribution in [3.05, 3.63) is 185 Å². The van der Waals surface area contributed by atoms with E-state index in [1.165, 1.54) is 11.9 Å². The summed E-state index contributed by atoms with van der Waals surface area (Å²) in [7, 11) is 0. The van der Waals surface area contributed by atoms with Crippen LogP contribution in [0.25, 0.3) is 5.65 Å². The first-order chi connectivity index (χ1) is 28.5. The third-order valence-corrected chi connectivity index (χ3v) is 11.9. The van der Waals surface area contributed by atoms with Gasteiger partial charge in [0.2, 0.25) is 5.91 Å². The number of anilines is 3. The monoisotopic (exact) mass is 784 g/mol. The van der Waals surface area contributed by atoms with Gasteiger partial charge in [0.25, 0.3) is 0 Å². The van der Waals surface area contributed by atoms with Gasteiger partial charge in [0.15, 0.2) is 5.65 Å². The summed E-state index contributed by atoms with van der Waals surface area (Å²) in [6.45, 7) is 1.40. The molecule has 1 saturated heterocycles. The number of rotatable bonds is 12. The molecule has 1 aliphatic heterocycles. The molecule has 3 aliphatic rings. The molecule has 10 rings (SSSR count). The molecule has 288 valence electrons. The molecule has 58 heavy (non-hydrogen) atoms. The highest BCUT2D eigenvalue weighted by atomic mass is 35.5. The van der Waals surface area contributed by atoms with E-state index < -0.39 is 5.54 Å². The lowest BCUT2D eigenvalue weighted by Gasteiger charge is -2.43. The summed E-state index contributed by atoms with van der Waals surface area (Å²) >= 11 is 6.18. The van der Waals surface area contributed by atoms with Crippen molar-refractivity contribution in [2.75, 3.05) is 28.6 Å². The molecule has 2 aliphatic carbocycles. The number of carbonyl (C=O) groups excluding carboxylic acids is 2. The Bertz CT molecular complexity index is 2540. The van der Waals surface area contributed by atoms with Crippen molar-refractivity contribution in [3.63, 3.8) is 0 Å². The first kappa shape index (κ1) is 35.9. The Morgan fingerprint density at radius 2 is 1.43 bits per heavy atom. The van der Waals surface area contributed by atoms with E-state index >= 15 is 4.79 Å². The zero-order chi connectivity index (χ0) is 39.2. The standard InChI is InChI=1S/C47H41ClN8O2/c48-37-18-10-11-32(23-37)39-25-40(39)45(57)53-43-26-42(50-30-51-43)49-27-38-29-54-28-33(31-19-20-31)24-41(44(54)52-38)55-21-22-56(46(55)58)47(34-12-4-1-5-13-34,35-14-6-2-7-15-35)36-16-8-3-9-17-36/h1-18,23-24,26,28-31,39-40H,19-22,25,27H2,(H2,49,50,51,53,57)/t39-,40+/m1/s1. The van der Waals surface area contributed by atoms with Crippen LogP contribution in [-0.2, 0) is 16.9 Å². The number of benzene rings is 4. The Hall–Kier alpha value is -6.52. The molecule has 2 atom stereocenters. The predicted octanol–water partition coefficient (Wildman–Crippen LogP) is 9.24. The van der Waals surface area contributed by atoms with Gasteiger partial charge in [0.1, 0.15) is 23.5 Å². The molecule has 7 aromatic rings. The van der Waals surface area contributed by atoms with Crippen molar-refractivity contribution in [1.29, 1.82) is 0 Å². The number of hydrogen-bond acceptors (Lipinski definition) is 6. The Morgan fingerprint density at radius 3 is 2.09 bits per heavy atom. The van der Waals surface area contributed by atoms with Crippen molar-refractivity contribution in [3.8, 4) is 0 Å². The number of pyridine rings is 1. The quantitative estimate of drug-likeness (QED) is 0.120. The lowest BCUT2D eigenvalue weighted by atomic mass is 9.75. The van der Waals surface area contributed by atoms with Crippen LogP contribution < -0.4 is 15.5 Å². The zero-order valence-electron chi connectivity index (χ0n) is 31.7. The molecular weight excluding hydrogens is 744 g/mol. The average Bonchev–Trinajstić information content (AvgIpc) is 4.19. The largest absolute Gasteiger partial charge is 0.364 e. The third kappa shape index (κ3) is 6.63. The number of hydrogen-bond donors (Lipinski definition) is 2. The summed E-state index contributed by atoms with van der Waals surface area (Å²) in [6, 6.07) is 42.5. The Balaban J connectivity index is 0.924. The van der Waals surface area contributed by atoms with Crippen LogP contribution in [0.4, 0.5) is 22.1 Å². The van der Waals surface area contributed by atoms with E-state index in [-0.39, 0.29) is 23.8 Å². The van der Waals surface area contributed by atoms with Crippen LogP contribution in [0.15, 0.2) is 146 Å². The van der Waals surface area contributed by atoms with Gasteiger partial charge in [-0.25, -0.2) is 19.7 Å². The number of nitrogens with zero attached hydrogens (tertiary/aromatic N) is 6. The fourth-order valence-electron chi connectivity index (χ4n) is 8.67. The summed E-state index contributed by atoms with van der Waals surface area (Å²) in [4.78, 5) is 46.0. The molecule has 11 heteroatoms. The number of urea groups is 1. The summed E-state index contributed by atoms with van der Waals surface area (Å²) in [5.74, 6) is 1.41. The molecule has 10 nitrogen and oxygen atoms in total. The van der Waals surface area contributed by atoms with Gasteiger partial charge in [-0.15, -0.1) is 0 Å². The number of carbonyl (C=O) groups is 2. The molecule has 4 heterocycles. The molecule has 4 aromatic carbocycles. The second-order valence-corrected chi connectivity index (χ2v) is 15.9. The number of imidazole rings is 1. The molecule has 2 saturated carbocycles. The minimum Gasteiger partial charge on any atom is -0.364 e. The summed E-state index contributed by atoms with van der Waals surface area (Å²) in [5.41, 5.74) is 6.79. The molecule has 2 N–H and O–H groups in total. The first-order valence-corrected chi connectivity index (χ1v) is 20.2. The summed E-state index contributed by atoms with van der Waals surface area (Å²) in [6.07, 6.45) is 8.64. The van der Waals surface area contributed by atoms with Crippen molar-refractivity contribution in [1.82, 2.24) is 24.3 Å². The van der Waals surface area contributed by atoms with Gasteiger partial charge in [-0.05, 0) is 77.1 Å². The van der Waals surface area contributed by atoms with E-state index in [1.54, 1.807) is 6.07 Å². The van der Waals surface area contributed by atoms with E-state index in [0.717, 1.165) is 58.5 Å². The number of aromatic nitrogens is 4. The van der Waals surface area contributed by atoms with Gasteiger partial charge >= 0.3 is 6.03 Å². The van der Waals surface area contributed by atoms with E-state index in [4.69, 9.17) is 16.6 Å². The maximum atomic E-state index is 15.1. The normalized spacial score (nSPS) is 17.8. The van der Waals surface area contributed by atoms with Crippen LogP contribution in [0.1, 0.15) is 64.6 Å². The number of nitrogens with one attached hydrogen (secondary N) is 2. The van der Waals surface area contributed by atoms with Crippen molar-refractivity contribution in [2.24, 2.45) is 5.92 Å². The van der Waals surface area contributed by atoms with Crippen LogP contribution in [0.5, 0.6) is 0 Å². The maximum Gasteiger partial charge on any atom is 0.326 e. The fourth-order valence-corrected chi connectivity index (χ4v) is 8.87. The maximum absolute atomic E-state index is 15.1. The molecule has 3 fully saturated rings. The van der Waals surface area contributed by atoms with Crippen molar-refractivity contribution < 1.29 is 9.59 Å². The van der Waals surface area contributed by atoms with E-state index in [1.807, 2.05) is 94.9 Å². The highest BCUT2D eigenvalue weighted by Gasteiger charge is 2.49. The number of fused-ring (bicyclic) bond motifs is 1. The highest BCUT2D eigenvalue weighted by molar-refractivity contribution is 6.30. The Labute approximate surface area is 341 Å². The third-order valence-electron chi connectivity index (χ3n) is 11.7. The second kappa shape index (κ2) is 14.8. The molecule has 0 unspecified atom stereocenters.